The van der Waals surface area contributed by atoms with E-state index in [2.05, 4.69) is 15.9 Å². The molecule has 2 rings (SSSR count). The van der Waals surface area contributed by atoms with Gasteiger partial charge in [-0.2, -0.15) is 0 Å². The van der Waals surface area contributed by atoms with Gasteiger partial charge >= 0.3 is 5.97 Å². The largest absolute Gasteiger partial charge is 0.466 e. The molecule has 0 bridgehead atoms. The van der Waals surface area contributed by atoms with Gasteiger partial charge in [-0.25, -0.2) is 0 Å². The summed E-state index contributed by atoms with van der Waals surface area (Å²) in [4.78, 5) is 24.0. The van der Waals surface area contributed by atoms with Crippen molar-refractivity contribution in [2.45, 2.75) is 25.4 Å². The lowest BCUT2D eigenvalue weighted by molar-refractivity contribution is -0.158. The molecule has 0 spiro atoms. The SMILES string of the molecule is CCOC(=O)C1CC(C=O)C(O)(c2ccc(Br)cc2)CC1C=C(Cl)Cl. The van der Waals surface area contributed by atoms with Crippen LogP contribution in [0.5, 0.6) is 0 Å². The summed E-state index contributed by atoms with van der Waals surface area (Å²) in [7, 11) is 0. The highest BCUT2D eigenvalue weighted by Crippen LogP contribution is 2.47. The van der Waals surface area contributed by atoms with Crippen LogP contribution in [0.25, 0.3) is 0 Å². The molecule has 4 unspecified atom stereocenters. The van der Waals surface area contributed by atoms with Gasteiger partial charge in [0, 0.05) is 10.4 Å². The zero-order valence-corrected chi connectivity index (χ0v) is 16.7. The summed E-state index contributed by atoms with van der Waals surface area (Å²) >= 11 is 15.0. The number of benzene rings is 1. The molecule has 4 nitrogen and oxygen atoms in total. The minimum Gasteiger partial charge on any atom is -0.466 e. The van der Waals surface area contributed by atoms with Gasteiger partial charge in [0.15, 0.2) is 0 Å². The fourth-order valence-corrected chi connectivity index (χ4v) is 3.98. The number of aldehydes is 1. The van der Waals surface area contributed by atoms with E-state index in [1.165, 1.54) is 6.08 Å². The Labute approximate surface area is 165 Å². The molecule has 1 aliphatic carbocycles. The van der Waals surface area contributed by atoms with Gasteiger partial charge in [0.05, 0.1) is 18.1 Å². The molecule has 1 aromatic rings. The minimum atomic E-state index is -1.41. The van der Waals surface area contributed by atoms with Gasteiger partial charge in [-0.15, -0.1) is 0 Å². The van der Waals surface area contributed by atoms with Gasteiger partial charge in [-0.05, 0) is 43.4 Å². The van der Waals surface area contributed by atoms with E-state index in [4.69, 9.17) is 27.9 Å². The van der Waals surface area contributed by atoms with E-state index in [1.54, 1.807) is 31.2 Å². The second-order valence-corrected chi connectivity index (χ2v) is 8.02. The molecule has 1 N–H and O–H groups in total. The van der Waals surface area contributed by atoms with Crippen LogP contribution in [-0.2, 0) is 19.9 Å². The standard InChI is InChI=1S/C18H19BrCl2O4/c1-2-25-17(23)15-8-13(10-22)18(24,9-11(15)7-16(20)21)12-3-5-14(19)6-4-12/h3-7,10-11,13,15,24H,2,8-9H2,1H3. The number of rotatable bonds is 5. The molecule has 136 valence electrons. The van der Waals surface area contributed by atoms with E-state index in [1.807, 2.05) is 0 Å². The molecular weight excluding hydrogens is 431 g/mol. The van der Waals surface area contributed by atoms with Crippen molar-refractivity contribution >= 4 is 51.4 Å². The quantitative estimate of drug-likeness (QED) is 0.535. The molecule has 0 amide bonds. The molecule has 0 aromatic heterocycles. The molecule has 1 saturated carbocycles. The topological polar surface area (TPSA) is 63.6 Å². The first-order valence-electron chi connectivity index (χ1n) is 7.95. The number of halogens is 3. The maximum atomic E-state index is 12.3. The van der Waals surface area contributed by atoms with Crippen molar-refractivity contribution < 1.29 is 19.4 Å². The molecule has 25 heavy (non-hydrogen) atoms. The zero-order valence-electron chi connectivity index (χ0n) is 13.6. The van der Waals surface area contributed by atoms with Crippen molar-refractivity contribution in [2.75, 3.05) is 6.61 Å². The van der Waals surface area contributed by atoms with Crippen LogP contribution in [0.3, 0.4) is 0 Å². The second kappa shape index (κ2) is 8.67. The number of ether oxygens (including phenoxy) is 1. The lowest BCUT2D eigenvalue weighted by Gasteiger charge is -2.43. The Morgan fingerprint density at radius 3 is 2.56 bits per heavy atom. The van der Waals surface area contributed by atoms with Gasteiger partial charge < -0.3 is 14.6 Å². The maximum absolute atomic E-state index is 12.3. The monoisotopic (exact) mass is 448 g/mol. The second-order valence-electron chi connectivity index (χ2n) is 6.09. The number of hydrogen-bond acceptors (Lipinski definition) is 4. The summed E-state index contributed by atoms with van der Waals surface area (Å²) in [5.74, 6) is -2.17. The summed E-state index contributed by atoms with van der Waals surface area (Å²) in [6.07, 6.45) is 2.55. The Kier molecular flexibility index (Phi) is 7.09. The first-order valence-corrected chi connectivity index (χ1v) is 9.49. The highest BCUT2D eigenvalue weighted by atomic mass is 79.9. The summed E-state index contributed by atoms with van der Waals surface area (Å²) in [6, 6.07) is 7.11. The van der Waals surface area contributed by atoms with Crippen LogP contribution in [-0.4, -0.2) is 24.0 Å². The molecule has 0 radical (unpaired) electrons. The van der Waals surface area contributed by atoms with Crippen LogP contribution in [0, 0.1) is 17.8 Å². The van der Waals surface area contributed by atoms with Crippen LogP contribution >= 0.6 is 39.1 Å². The lowest BCUT2D eigenvalue weighted by Crippen LogP contribution is -2.47. The smallest absolute Gasteiger partial charge is 0.309 e. The maximum Gasteiger partial charge on any atom is 0.309 e. The molecule has 7 heteroatoms. The predicted molar refractivity (Wildman–Crippen MR) is 100 cm³/mol. The third kappa shape index (κ3) is 4.64. The normalized spacial score (nSPS) is 28.9. The van der Waals surface area contributed by atoms with Crippen LogP contribution in [0.2, 0.25) is 0 Å². The Hall–Kier alpha value is -0.880. The summed E-state index contributed by atoms with van der Waals surface area (Å²) in [6.45, 7) is 1.96. The molecule has 1 aliphatic rings. The molecule has 4 atom stereocenters. The van der Waals surface area contributed by atoms with Gasteiger partial charge in [-0.1, -0.05) is 57.3 Å². The molecule has 0 saturated heterocycles. The molecule has 0 heterocycles. The summed E-state index contributed by atoms with van der Waals surface area (Å²) in [5.41, 5.74) is -0.797. The van der Waals surface area contributed by atoms with Gasteiger partial charge in [0.2, 0.25) is 0 Å². The first kappa shape index (κ1) is 20.4. The Bertz CT molecular complexity index is 658. The van der Waals surface area contributed by atoms with Crippen molar-refractivity contribution in [3.8, 4) is 0 Å². The van der Waals surface area contributed by atoms with Crippen LogP contribution < -0.4 is 0 Å². The number of hydrogen-bond donors (Lipinski definition) is 1. The molecule has 1 fully saturated rings. The van der Waals surface area contributed by atoms with Crippen molar-refractivity contribution in [1.82, 2.24) is 0 Å². The van der Waals surface area contributed by atoms with E-state index >= 15 is 0 Å². The van der Waals surface area contributed by atoms with Crippen molar-refractivity contribution in [1.29, 1.82) is 0 Å². The highest BCUT2D eigenvalue weighted by Gasteiger charge is 2.49. The predicted octanol–water partition coefficient (Wildman–Crippen LogP) is 4.36. The Morgan fingerprint density at radius 1 is 1.40 bits per heavy atom. The molecular formula is C18H19BrCl2O4. The number of esters is 1. The molecule has 0 aliphatic heterocycles. The third-order valence-electron chi connectivity index (χ3n) is 4.62. The number of carbonyl (C=O) groups excluding carboxylic acids is 2. The van der Waals surface area contributed by atoms with Crippen LogP contribution in [0.1, 0.15) is 25.3 Å². The van der Waals surface area contributed by atoms with Gasteiger partial charge in [0.1, 0.15) is 10.8 Å². The molecule has 1 aromatic carbocycles. The van der Waals surface area contributed by atoms with Gasteiger partial charge in [0.25, 0.3) is 0 Å². The van der Waals surface area contributed by atoms with E-state index in [0.29, 0.717) is 11.8 Å². The summed E-state index contributed by atoms with van der Waals surface area (Å²) in [5, 5.41) is 11.3. The van der Waals surface area contributed by atoms with Crippen molar-refractivity contribution in [3.63, 3.8) is 0 Å². The Morgan fingerprint density at radius 2 is 2.04 bits per heavy atom. The van der Waals surface area contributed by atoms with E-state index < -0.39 is 29.3 Å². The van der Waals surface area contributed by atoms with Crippen molar-refractivity contribution in [3.05, 3.63) is 44.9 Å². The number of allylic oxidation sites excluding steroid dienone is 1. The fraction of sp³-hybridized carbons (Fsp3) is 0.444. The number of aliphatic hydroxyl groups is 1. The highest BCUT2D eigenvalue weighted by molar-refractivity contribution is 9.10. The first-order chi connectivity index (χ1) is 11.8. The van der Waals surface area contributed by atoms with Crippen molar-refractivity contribution in [2.24, 2.45) is 17.8 Å². The van der Waals surface area contributed by atoms with Gasteiger partial charge in [-0.3, -0.25) is 4.79 Å². The van der Waals surface area contributed by atoms with Crippen LogP contribution in [0.4, 0.5) is 0 Å². The van der Waals surface area contributed by atoms with E-state index in [0.717, 1.165) is 4.47 Å². The third-order valence-corrected chi connectivity index (χ3v) is 5.40. The number of carbonyl (C=O) groups is 2. The minimum absolute atomic E-state index is 0.0157. The van der Waals surface area contributed by atoms with Crippen LogP contribution in [0.15, 0.2) is 39.3 Å². The lowest BCUT2D eigenvalue weighted by atomic mass is 9.63. The Balaban J connectivity index is 2.42. The summed E-state index contributed by atoms with van der Waals surface area (Å²) < 4.78 is 6.00. The average molecular weight is 450 g/mol. The van der Waals surface area contributed by atoms with E-state index in [9.17, 15) is 14.7 Å². The fourth-order valence-electron chi connectivity index (χ4n) is 3.39. The average Bonchev–Trinajstić information content (AvgIpc) is 2.55. The zero-order chi connectivity index (χ0) is 18.6. The van der Waals surface area contributed by atoms with E-state index in [-0.39, 0.29) is 23.9 Å².